The van der Waals surface area contributed by atoms with Gasteiger partial charge in [-0.3, -0.25) is 4.79 Å². The molecule has 1 N–H and O–H groups in total. The Balaban J connectivity index is 1.77. The van der Waals surface area contributed by atoms with Gasteiger partial charge in [0, 0.05) is 0 Å². The summed E-state index contributed by atoms with van der Waals surface area (Å²) in [5, 5.41) is 9.32. The highest BCUT2D eigenvalue weighted by atomic mass is 16.4. The van der Waals surface area contributed by atoms with Crippen molar-refractivity contribution in [3.8, 4) is 0 Å². The van der Waals surface area contributed by atoms with Crippen molar-refractivity contribution in [2.24, 2.45) is 10.8 Å². The lowest BCUT2D eigenvalue weighted by atomic mass is 9.88. The summed E-state index contributed by atoms with van der Waals surface area (Å²) in [6, 6.07) is 4.57. The van der Waals surface area contributed by atoms with Gasteiger partial charge in [0.2, 0.25) is 0 Å². The minimum Gasteiger partial charge on any atom is -0.481 e. The summed E-state index contributed by atoms with van der Waals surface area (Å²) in [5.41, 5.74) is 6.15. The van der Waals surface area contributed by atoms with Crippen molar-refractivity contribution < 1.29 is 9.90 Å². The predicted molar refractivity (Wildman–Crippen MR) is 124 cm³/mol. The second kappa shape index (κ2) is 10.6. The Labute approximate surface area is 179 Å². The van der Waals surface area contributed by atoms with E-state index in [9.17, 15) is 9.90 Å². The lowest BCUT2D eigenvalue weighted by Crippen LogP contribution is -2.14. The number of rotatable bonds is 13. The zero-order valence-electron chi connectivity index (χ0n) is 19.7. The minimum atomic E-state index is -0.572. The fourth-order valence-electron chi connectivity index (χ4n) is 4.60. The van der Waals surface area contributed by atoms with Crippen LogP contribution in [0.5, 0.6) is 0 Å². The van der Waals surface area contributed by atoms with E-state index in [0.717, 1.165) is 38.5 Å². The molecule has 0 spiro atoms. The van der Waals surface area contributed by atoms with Gasteiger partial charge in [-0.05, 0) is 92.9 Å². The molecule has 0 atom stereocenters. The first-order valence-electron chi connectivity index (χ1n) is 12.0. The Morgan fingerprint density at radius 2 is 1.34 bits per heavy atom. The molecule has 1 saturated carbocycles. The molecule has 0 unspecified atom stereocenters. The second-order valence-corrected chi connectivity index (χ2v) is 10.8. The number of hydrogen-bond acceptors (Lipinski definition) is 1. The Hall–Kier alpha value is -1.31. The Bertz CT molecular complexity index is 662. The largest absolute Gasteiger partial charge is 0.481 e. The standard InChI is InChI=1S/C27H44O2/c1-21-15-16-22(2)24(14-10-8-12-18-27(19-20-27)25(28)29)23(21)13-9-6-7-11-17-26(3,4)5/h15-16H,6-14,17-20H2,1-5H3,(H,28,29). The molecule has 0 bridgehead atoms. The van der Waals surface area contributed by atoms with Gasteiger partial charge >= 0.3 is 5.97 Å². The third-order valence-electron chi connectivity index (χ3n) is 6.89. The quantitative estimate of drug-likeness (QED) is 0.343. The topological polar surface area (TPSA) is 37.3 Å². The maximum atomic E-state index is 11.3. The number of aliphatic carboxylic acids is 1. The van der Waals surface area contributed by atoms with E-state index >= 15 is 0 Å². The molecule has 1 aromatic rings. The van der Waals surface area contributed by atoms with Gasteiger partial charge in [-0.15, -0.1) is 0 Å². The molecule has 1 aromatic carbocycles. The molecule has 1 aliphatic carbocycles. The van der Waals surface area contributed by atoms with E-state index in [1.165, 1.54) is 56.1 Å². The summed E-state index contributed by atoms with van der Waals surface area (Å²) in [4.78, 5) is 11.3. The molecule has 1 aliphatic rings. The molecule has 0 aromatic heterocycles. The van der Waals surface area contributed by atoms with Gasteiger partial charge in [0.1, 0.15) is 0 Å². The predicted octanol–water partition coefficient (Wildman–Crippen LogP) is 7.81. The summed E-state index contributed by atoms with van der Waals surface area (Å²) in [5.74, 6) is -0.572. The van der Waals surface area contributed by atoms with Crippen LogP contribution in [-0.4, -0.2) is 11.1 Å². The molecule has 164 valence electrons. The van der Waals surface area contributed by atoms with Crippen molar-refractivity contribution in [3.05, 3.63) is 34.4 Å². The number of aryl methyl sites for hydroxylation is 2. The van der Waals surface area contributed by atoms with Crippen LogP contribution >= 0.6 is 0 Å². The third kappa shape index (κ3) is 7.79. The normalized spacial score (nSPS) is 15.5. The third-order valence-corrected chi connectivity index (χ3v) is 6.89. The first-order chi connectivity index (χ1) is 13.6. The molecule has 0 aliphatic heterocycles. The highest BCUT2D eigenvalue weighted by molar-refractivity contribution is 5.77. The summed E-state index contributed by atoms with van der Waals surface area (Å²) >= 11 is 0. The van der Waals surface area contributed by atoms with E-state index in [1.807, 2.05) is 0 Å². The van der Waals surface area contributed by atoms with Crippen LogP contribution in [-0.2, 0) is 17.6 Å². The fourth-order valence-corrected chi connectivity index (χ4v) is 4.60. The number of carboxylic acids is 1. The van der Waals surface area contributed by atoms with Gasteiger partial charge in [0.15, 0.2) is 0 Å². The molecule has 0 saturated heterocycles. The average Bonchev–Trinajstić information content (AvgIpc) is 3.42. The highest BCUT2D eigenvalue weighted by Gasteiger charge is 2.49. The molecule has 2 rings (SSSR count). The van der Waals surface area contributed by atoms with E-state index in [0.29, 0.717) is 5.41 Å². The number of benzene rings is 1. The molecule has 2 heteroatoms. The van der Waals surface area contributed by atoms with Gasteiger partial charge in [-0.2, -0.15) is 0 Å². The van der Waals surface area contributed by atoms with Crippen LogP contribution in [0.1, 0.15) is 114 Å². The summed E-state index contributed by atoms with van der Waals surface area (Å²) in [6.45, 7) is 11.5. The lowest BCUT2D eigenvalue weighted by Gasteiger charge is -2.18. The molecule has 1 fully saturated rings. The van der Waals surface area contributed by atoms with Gasteiger partial charge < -0.3 is 5.11 Å². The van der Waals surface area contributed by atoms with Crippen molar-refractivity contribution in [1.82, 2.24) is 0 Å². The van der Waals surface area contributed by atoms with Crippen LogP contribution in [0, 0.1) is 24.7 Å². The second-order valence-electron chi connectivity index (χ2n) is 10.8. The summed E-state index contributed by atoms with van der Waals surface area (Å²) < 4.78 is 0. The Morgan fingerprint density at radius 3 is 1.79 bits per heavy atom. The number of carboxylic acid groups (broad SMARTS) is 1. The summed E-state index contributed by atoms with van der Waals surface area (Å²) in [6.07, 6.45) is 15.0. The monoisotopic (exact) mass is 400 g/mol. The maximum Gasteiger partial charge on any atom is 0.309 e. The fraction of sp³-hybridized carbons (Fsp3) is 0.741. The van der Waals surface area contributed by atoms with Gasteiger partial charge in [0.25, 0.3) is 0 Å². The van der Waals surface area contributed by atoms with E-state index in [2.05, 4.69) is 46.8 Å². The molecule has 2 nitrogen and oxygen atoms in total. The zero-order valence-corrected chi connectivity index (χ0v) is 19.7. The van der Waals surface area contributed by atoms with Crippen LogP contribution in [0.25, 0.3) is 0 Å². The van der Waals surface area contributed by atoms with Crippen molar-refractivity contribution in [2.75, 3.05) is 0 Å². The molecule has 0 amide bonds. The smallest absolute Gasteiger partial charge is 0.309 e. The van der Waals surface area contributed by atoms with Crippen LogP contribution in [0.3, 0.4) is 0 Å². The Kier molecular flexibility index (Phi) is 8.79. The minimum absolute atomic E-state index is 0.350. The van der Waals surface area contributed by atoms with Crippen molar-refractivity contribution in [2.45, 2.75) is 118 Å². The molecular weight excluding hydrogens is 356 g/mol. The number of unbranched alkanes of at least 4 members (excludes halogenated alkanes) is 5. The van der Waals surface area contributed by atoms with E-state index in [1.54, 1.807) is 11.1 Å². The first-order valence-corrected chi connectivity index (χ1v) is 12.0. The van der Waals surface area contributed by atoms with Crippen LogP contribution in [0.2, 0.25) is 0 Å². The number of carbonyl (C=O) groups is 1. The zero-order chi connectivity index (χ0) is 21.5. The Morgan fingerprint density at radius 1 is 0.862 bits per heavy atom. The molecule has 29 heavy (non-hydrogen) atoms. The number of hydrogen-bond donors (Lipinski definition) is 1. The van der Waals surface area contributed by atoms with Gasteiger partial charge in [-0.1, -0.05) is 65.0 Å². The SMILES string of the molecule is Cc1ccc(C)c(CCCCCC2(C(=O)O)CC2)c1CCCCCCC(C)(C)C. The van der Waals surface area contributed by atoms with Crippen LogP contribution < -0.4 is 0 Å². The van der Waals surface area contributed by atoms with E-state index in [4.69, 9.17) is 0 Å². The van der Waals surface area contributed by atoms with Gasteiger partial charge in [-0.25, -0.2) is 0 Å². The van der Waals surface area contributed by atoms with Crippen molar-refractivity contribution in [3.63, 3.8) is 0 Å². The van der Waals surface area contributed by atoms with E-state index < -0.39 is 5.97 Å². The van der Waals surface area contributed by atoms with Crippen molar-refractivity contribution >= 4 is 5.97 Å². The van der Waals surface area contributed by atoms with Crippen molar-refractivity contribution in [1.29, 1.82) is 0 Å². The van der Waals surface area contributed by atoms with E-state index in [-0.39, 0.29) is 5.41 Å². The average molecular weight is 401 g/mol. The van der Waals surface area contributed by atoms with Crippen LogP contribution in [0.15, 0.2) is 12.1 Å². The summed E-state index contributed by atoms with van der Waals surface area (Å²) in [7, 11) is 0. The maximum absolute atomic E-state index is 11.3. The first kappa shape index (κ1) is 24.0. The molecule has 0 radical (unpaired) electrons. The van der Waals surface area contributed by atoms with Gasteiger partial charge in [0.05, 0.1) is 5.41 Å². The van der Waals surface area contributed by atoms with Crippen LogP contribution in [0.4, 0.5) is 0 Å². The molecule has 0 heterocycles. The highest BCUT2D eigenvalue weighted by Crippen LogP contribution is 2.50. The molecular formula is C27H44O2. The lowest BCUT2D eigenvalue weighted by molar-refractivity contribution is -0.143.